The summed E-state index contributed by atoms with van der Waals surface area (Å²) in [6.07, 6.45) is 2.11. The number of fused-ring (bicyclic) bond motifs is 1. The fourth-order valence-electron chi connectivity index (χ4n) is 3.00. The average molecular weight is 382 g/mol. The minimum Gasteiger partial charge on any atom is -0.357 e. The number of hydrogen-bond donors (Lipinski definition) is 2. The van der Waals surface area contributed by atoms with Crippen LogP contribution < -0.4 is 10.6 Å². The lowest BCUT2D eigenvalue weighted by Gasteiger charge is -2.12. The van der Waals surface area contributed by atoms with E-state index in [9.17, 15) is 0 Å². The minimum atomic E-state index is 0.625. The van der Waals surface area contributed by atoms with Crippen molar-refractivity contribution < 1.29 is 0 Å². The first-order valence-corrected chi connectivity index (χ1v) is 10.4. The van der Waals surface area contributed by atoms with Crippen molar-refractivity contribution in [3.05, 3.63) is 59.4 Å². The highest BCUT2D eigenvalue weighted by molar-refractivity contribution is 7.98. The van der Waals surface area contributed by atoms with Gasteiger partial charge in [0.1, 0.15) is 5.82 Å². The van der Waals surface area contributed by atoms with Gasteiger partial charge in [0, 0.05) is 18.5 Å². The van der Waals surface area contributed by atoms with Gasteiger partial charge < -0.3 is 15.2 Å². The van der Waals surface area contributed by atoms with Crippen molar-refractivity contribution in [2.24, 2.45) is 12.0 Å². The lowest BCUT2D eigenvalue weighted by Crippen LogP contribution is -2.37. The van der Waals surface area contributed by atoms with Gasteiger partial charge in [0.2, 0.25) is 0 Å². The Kier molecular flexibility index (Phi) is 6.40. The molecule has 0 aliphatic heterocycles. The number of guanidine groups is 1. The summed E-state index contributed by atoms with van der Waals surface area (Å²) in [5.41, 5.74) is 4.68. The molecule has 3 rings (SSSR count). The molecule has 0 saturated carbocycles. The summed E-state index contributed by atoms with van der Waals surface area (Å²) in [7, 11) is 2.05. The number of rotatable bonds is 6. The maximum Gasteiger partial charge on any atom is 0.191 e. The van der Waals surface area contributed by atoms with Crippen LogP contribution >= 0.6 is 11.8 Å². The molecule has 27 heavy (non-hydrogen) atoms. The number of nitrogens with zero attached hydrogens (tertiary/aromatic N) is 3. The molecule has 0 fully saturated rings. The standard InChI is InChI=1S/C21H27N5S/c1-5-22-21(23-13-16-11-10-15(2)12-19(16)27-4)24-14-20-25-17-8-6-7-9-18(17)26(20)3/h6-12H,5,13-14H2,1-4H3,(H2,22,23,24). The van der Waals surface area contributed by atoms with E-state index in [1.54, 1.807) is 11.8 Å². The van der Waals surface area contributed by atoms with Crippen LogP contribution in [0.5, 0.6) is 0 Å². The summed E-state index contributed by atoms with van der Waals surface area (Å²) in [6.45, 7) is 6.28. The number of aromatic nitrogens is 2. The Morgan fingerprint density at radius 2 is 2.00 bits per heavy atom. The molecule has 1 aromatic heterocycles. The van der Waals surface area contributed by atoms with Crippen LogP contribution in [0.4, 0.5) is 0 Å². The molecular weight excluding hydrogens is 354 g/mol. The zero-order valence-corrected chi connectivity index (χ0v) is 17.2. The van der Waals surface area contributed by atoms with Gasteiger partial charge in [-0.3, -0.25) is 0 Å². The first-order chi connectivity index (χ1) is 13.1. The van der Waals surface area contributed by atoms with Gasteiger partial charge in [-0.15, -0.1) is 11.8 Å². The number of aliphatic imine (C=N–C) groups is 1. The Bertz CT molecular complexity index is 945. The van der Waals surface area contributed by atoms with Crippen LogP contribution in [0.15, 0.2) is 52.4 Å². The number of benzene rings is 2. The van der Waals surface area contributed by atoms with Gasteiger partial charge in [-0.25, -0.2) is 9.98 Å². The van der Waals surface area contributed by atoms with E-state index in [1.807, 2.05) is 25.2 Å². The molecule has 2 N–H and O–H groups in total. The highest BCUT2D eigenvalue weighted by Gasteiger charge is 2.08. The van der Waals surface area contributed by atoms with Crippen molar-refractivity contribution in [1.29, 1.82) is 0 Å². The topological polar surface area (TPSA) is 54.2 Å². The van der Waals surface area contributed by atoms with Gasteiger partial charge in [0.15, 0.2) is 5.96 Å². The molecule has 0 saturated heterocycles. The zero-order valence-electron chi connectivity index (χ0n) is 16.4. The van der Waals surface area contributed by atoms with Crippen molar-refractivity contribution >= 4 is 28.8 Å². The van der Waals surface area contributed by atoms with Crippen LogP contribution in [-0.2, 0) is 20.1 Å². The molecule has 3 aromatic rings. The van der Waals surface area contributed by atoms with Gasteiger partial charge in [-0.2, -0.15) is 0 Å². The second-order valence-electron chi connectivity index (χ2n) is 6.44. The van der Waals surface area contributed by atoms with Crippen molar-refractivity contribution in [2.45, 2.75) is 31.8 Å². The molecule has 0 bridgehead atoms. The molecule has 0 aliphatic rings. The summed E-state index contributed by atoms with van der Waals surface area (Å²) >= 11 is 1.77. The molecule has 0 spiro atoms. The molecule has 0 atom stereocenters. The summed E-state index contributed by atoms with van der Waals surface area (Å²) in [5.74, 6) is 1.79. The molecule has 0 amide bonds. The van der Waals surface area contributed by atoms with Crippen molar-refractivity contribution in [2.75, 3.05) is 12.8 Å². The largest absolute Gasteiger partial charge is 0.357 e. The summed E-state index contributed by atoms with van der Waals surface area (Å²) in [4.78, 5) is 10.8. The molecule has 0 unspecified atom stereocenters. The molecule has 0 aliphatic carbocycles. The van der Waals surface area contributed by atoms with Gasteiger partial charge >= 0.3 is 0 Å². The van der Waals surface area contributed by atoms with E-state index in [0.29, 0.717) is 13.1 Å². The molecule has 1 heterocycles. The Labute approximate surface area is 165 Å². The van der Waals surface area contributed by atoms with E-state index in [2.05, 4.69) is 59.6 Å². The molecular formula is C21H27N5S. The Hall–Kier alpha value is -2.47. The third kappa shape index (κ3) is 4.63. The summed E-state index contributed by atoms with van der Waals surface area (Å²) in [5, 5.41) is 6.73. The van der Waals surface area contributed by atoms with Gasteiger partial charge in [0.05, 0.1) is 24.1 Å². The smallest absolute Gasteiger partial charge is 0.191 e. The highest BCUT2D eigenvalue weighted by Crippen LogP contribution is 2.22. The van der Waals surface area contributed by atoms with Crippen LogP contribution in [0.3, 0.4) is 0 Å². The van der Waals surface area contributed by atoms with Crippen molar-refractivity contribution in [1.82, 2.24) is 20.2 Å². The number of hydrogen-bond acceptors (Lipinski definition) is 3. The quantitative estimate of drug-likeness (QED) is 0.387. The second kappa shape index (κ2) is 8.95. The molecule has 5 nitrogen and oxygen atoms in total. The third-order valence-corrected chi connectivity index (χ3v) is 5.31. The first kappa shape index (κ1) is 19.3. The normalized spacial score (nSPS) is 11.8. The Balaban J connectivity index is 1.73. The van der Waals surface area contributed by atoms with E-state index in [0.717, 1.165) is 29.4 Å². The third-order valence-electron chi connectivity index (χ3n) is 4.49. The predicted molar refractivity (Wildman–Crippen MR) is 115 cm³/mol. The first-order valence-electron chi connectivity index (χ1n) is 9.18. The highest BCUT2D eigenvalue weighted by atomic mass is 32.2. The van der Waals surface area contributed by atoms with E-state index >= 15 is 0 Å². The molecule has 2 aromatic carbocycles. The lowest BCUT2D eigenvalue weighted by molar-refractivity contribution is 0.737. The van der Waals surface area contributed by atoms with Crippen LogP contribution in [0.1, 0.15) is 23.9 Å². The van der Waals surface area contributed by atoms with Crippen LogP contribution in [0.2, 0.25) is 0 Å². The SMILES string of the molecule is CCNC(=NCc1ccc(C)cc1SC)NCc1nc2ccccc2n1C. The van der Waals surface area contributed by atoms with Crippen molar-refractivity contribution in [3.63, 3.8) is 0 Å². The summed E-state index contributed by atoms with van der Waals surface area (Å²) < 4.78 is 2.12. The van der Waals surface area contributed by atoms with Gasteiger partial charge in [0.25, 0.3) is 0 Å². The Morgan fingerprint density at radius 3 is 2.74 bits per heavy atom. The van der Waals surface area contributed by atoms with Gasteiger partial charge in [-0.05, 0) is 49.4 Å². The van der Waals surface area contributed by atoms with Crippen LogP contribution in [0, 0.1) is 6.92 Å². The van der Waals surface area contributed by atoms with E-state index in [1.165, 1.54) is 16.0 Å². The second-order valence-corrected chi connectivity index (χ2v) is 7.29. The molecule has 6 heteroatoms. The zero-order chi connectivity index (χ0) is 19.2. The van der Waals surface area contributed by atoms with E-state index in [-0.39, 0.29) is 0 Å². The average Bonchev–Trinajstić information content (AvgIpc) is 3.00. The minimum absolute atomic E-state index is 0.625. The molecule has 142 valence electrons. The lowest BCUT2D eigenvalue weighted by atomic mass is 10.1. The monoisotopic (exact) mass is 381 g/mol. The number of para-hydroxylation sites is 2. The molecule has 0 radical (unpaired) electrons. The fourth-order valence-corrected chi connectivity index (χ4v) is 3.70. The maximum atomic E-state index is 4.76. The van der Waals surface area contributed by atoms with Crippen molar-refractivity contribution in [3.8, 4) is 0 Å². The Morgan fingerprint density at radius 1 is 1.19 bits per heavy atom. The van der Waals surface area contributed by atoms with Crippen LogP contribution in [-0.4, -0.2) is 28.3 Å². The van der Waals surface area contributed by atoms with E-state index < -0.39 is 0 Å². The number of thioether (sulfide) groups is 1. The van der Waals surface area contributed by atoms with E-state index in [4.69, 9.17) is 9.98 Å². The number of aryl methyl sites for hydroxylation is 2. The number of imidazole rings is 1. The van der Waals surface area contributed by atoms with Crippen LogP contribution in [0.25, 0.3) is 11.0 Å². The summed E-state index contributed by atoms with van der Waals surface area (Å²) in [6, 6.07) is 14.7. The van der Waals surface area contributed by atoms with Gasteiger partial charge in [-0.1, -0.05) is 24.3 Å². The number of nitrogens with one attached hydrogen (secondary N) is 2. The maximum absolute atomic E-state index is 4.76. The predicted octanol–water partition coefficient (Wildman–Crippen LogP) is 3.86. The fraction of sp³-hybridized carbons (Fsp3) is 0.333.